The molecular formula is C28H28N6O3. The van der Waals surface area contributed by atoms with Gasteiger partial charge in [0.05, 0.1) is 23.9 Å². The van der Waals surface area contributed by atoms with E-state index in [1.807, 2.05) is 48.7 Å². The highest BCUT2D eigenvalue weighted by Crippen LogP contribution is 2.27. The Hall–Kier alpha value is -4.50. The number of likely N-dealkylation sites (tertiary alicyclic amines) is 1. The van der Waals surface area contributed by atoms with Crippen molar-refractivity contribution in [2.24, 2.45) is 7.05 Å². The van der Waals surface area contributed by atoms with Gasteiger partial charge in [0.1, 0.15) is 5.82 Å². The second-order valence-corrected chi connectivity index (χ2v) is 9.37. The number of hydrogen-bond acceptors (Lipinski definition) is 6. The number of nitrogen functional groups attached to an aromatic ring is 1. The molecule has 3 heterocycles. The Bertz CT molecular complexity index is 1430. The van der Waals surface area contributed by atoms with Crippen LogP contribution in [-0.2, 0) is 7.05 Å². The van der Waals surface area contributed by atoms with Gasteiger partial charge in [-0.2, -0.15) is 5.10 Å². The van der Waals surface area contributed by atoms with E-state index in [9.17, 15) is 14.7 Å². The Morgan fingerprint density at radius 1 is 1.03 bits per heavy atom. The molecule has 4 aromatic rings. The number of hydrogen-bond donors (Lipinski definition) is 3. The molecule has 2 aromatic carbocycles. The van der Waals surface area contributed by atoms with Gasteiger partial charge in [-0.15, -0.1) is 0 Å². The lowest BCUT2D eigenvalue weighted by Gasteiger charge is -2.28. The Labute approximate surface area is 214 Å². The van der Waals surface area contributed by atoms with Crippen molar-refractivity contribution in [3.8, 4) is 22.3 Å². The van der Waals surface area contributed by atoms with E-state index in [-0.39, 0.29) is 30.4 Å². The quantitative estimate of drug-likeness (QED) is 0.377. The summed E-state index contributed by atoms with van der Waals surface area (Å²) in [7, 11) is 1.80. The van der Waals surface area contributed by atoms with Crippen molar-refractivity contribution < 1.29 is 14.7 Å². The molecule has 1 aliphatic heterocycles. The number of pyridine rings is 1. The van der Waals surface area contributed by atoms with E-state index in [1.54, 1.807) is 47.2 Å². The first-order valence-corrected chi connectivity index (χ1v) is 12.0. The molecule has 0 saturated carbocycles. The highest BCUT2D eigenvalue weighted by Gasteiger charge is 2.41. The Morgan fingerprint density at radius 3 is 2.43 bits per heavy atom. The average molecular weight is 497 g/mol. The first-order valence-electron chi connectivity index (χ1n) is 12.0. The highest BCUT2D eigenvalue weighted by atomic mass is 16.3. The molecule has 0 bridgehead atoms. The molecule has 1 fully saturated rings. The first kappa shape index (κ1) is 24.2. The largest absolute Gasteiger partial charge is 0.394 e. The Kier molecular flexibility index (Phi) is 6.45. The van der Waals surface area contributed by atoms with Gasteiger partial charge in [0.2, 0.25) is 0 Å². The van der Waals surface area contributed by atoms with E-state index in [0.717, 1.165) is 16.7 Å². The van der Waals surface area contributed by atoms with Crippen LogP contribution < -0.4 is 11.1 Å². The van der Waals surface area contributed by atoms with Gasteiger partial charge in [0.25, 0.3) is 11.8 Å². The van der Waals surface area contributed by atoms with Crippen LogP contribution >= 0.6 is 0 Å². The molecule has 0 spiro atoms. The third-order valence-electron chi connectivity index (χ3n) is 6.76. The molecule has 0 radical (unpaired) electrons. The maximum absolute atomic E-state index is 13.2. The molecule has 2 aromatic heterocycles. The monoisotopic (exact) mass is 496 g/mol. The number of aliphatic hydroxyl groups excluding tert-OH is 1. The van der Waals surface area contributed by atoms with Crippen molar-refractivity contribution in [2.75, 3.05) is 25.4 Å². The number of rotatable bonds is 6. The van der Waals surface area contributed by atoms with Crippen LogP contribution in [-0.4, -0.2) is 61.8 Å². The van der Waals surface area contributed by atoms with E-state index >= 15 is 0 Å². The van der Waals surface area contributed by atoms with Crippen LogP contribution in [0.25, 0.3) is 22.3 Å². The van der Waals surface area contributed by atoms with Crippen molar-refractivity contribution in [3.05, 3.63) is 90.4 Å². The van der Waals surface area contributed by atoms with Crippen molar-refractivity contribution >= 4 is 17.6 Å². The van der Waals surface area contributed by atoms with Gasteiger partial charge in [-0.05, 0) is 35.7 Å². The van der Waals surface area contributed by atoms with E-state index in [2.05, 4.69) is 15.4 Å². The fraction of sp³-hybridized carbons (Fsp3) is 0.214. The van der Waals surface area contributed by atoms with Gasteiger partial charge in [-0.25, -0.2) is 4.98 Å². The molecule has 4 N–H and O–H groups in total. The molecule has 1 atom stereocenters. The maximum Gasteiger partial charge on any atom is 0.255 e. The SMILES string of the molecule is Cn1cc(-c2cnc(N)c(C(=O)NC3(CO)CCN(C(=O)c4ccc(-c5ccccc5)cc4)C3)c2)cn1. The molecule has 1 saturated heterocycles. The topological polar surface area (TPSA) is 126 Å². The van der Waals surface area contributed by atoms with Crippen LogP contribution in [0.5, 0.6) is 0 Å². The second-order valence-electron chi connectivity index (χ2n) is 9.37. The number of amides is 2. The van der Waals surface area contributed by atoms with Gasteiger partial charge >= 0.3 is 0 Å². The summed E-state index contributed by atoms with van der Waals surface area (Å²) in [4.78, 5) is 32.3. The molecule has 0 aliphatic carbocycles. The predicted octanol–water partition coefficient (Wildman–Crippen LogP) is 2.74. The van der Waals surface area contributed by atoms with Gasteiger partial charge in [0.15, 0.2) is 0 Å². The van der Waals surface area contributed by atoms with Gasteiger partial charge in [-0.3, -0.25) is 14.3 Å². The lowest BCUT2D eigenvalue weighted by Crippen LogP contribution is -2.53. The molecule has 9 nitrogen and oxygen atoms in total. The summed E-state index contributed by atoms with van der Waals surface area (Å²) in [5.41, 5.74) is 9.40. The third kappa shape index (κ3) is 4.94. The molecule has 9 heteroatoms. The maximum atomic E-state index is 13.2. The minimum atomic E-state index is -0.979. The number of anilines is 1. The molecule has 37 heavy (non-hydrogen) atoms. The van der Waals surface area contributed by atoms with Gasteiger partial charge in [0, 0.05) is 49.2 Å². The van der Waals surface area contributed by atoms with Crippen molar-refractivity contribution in [1.29, 1.82) is 0 Å². The number of aliphatic hydroxyl groups is 1. The number of carbonyl (C=O) groups is 2. The predicted molar refractivity (Wildman–Crippen MR) is 141 cm³/mol. The molecular weight excluding hydrogens is 468 g/mol. The zero-order valence-corrected chi connectivity index (χ0v) is 20.5. The summed E-state index contributed by atoms with van der Waals surface area (Å²) >= 11 is 0. The Balaban J connectivity index is 1.30. The van der Waals surface area contributed by atoms with Crippen molar-refractivity contribution in [2.45, 2.75) is 12.0 Å². The van der Waals surface area contributed by atoms with Crippen LogP contribution in [0.1, 0.15) is 27.1 Å². The molecule has 1 aliphatic rings. The third-order valence-corrected chi connectivity index (χ3v) is 6.76. The van der Waals surface area contributed by atoms with E-state index in [1.165, 1.54) is 0 Å². The van der Waals surface area contributed by atoms with E-state index in [0.29, 0.717) is 24.1 Å². The summed E-state index contributed by atoms with van der Waals surface area (Å²) in [6.45, 7) is 0.277. The van der Waals surface area contributed by atoms with Gasteiger partial charge in [-0.1, -0.05) is 42.5 Å². The molecule has 2 amide bonds. The zero-order valence-electron chi connectivity index (χ0n) is 20.5. The number of benzene rings is 2. The highest BCUT2D eigenvalue weighted by molar-refractivity contribution is 6.00. The zero-order chi connectivity index (χ0) is 26.0. The lowest BCUT2D eigenvalue weighted by molar-refractivity contribution is 0.0733. The number of aromatic nitrogens is 3. The van der Waals surface area contributed by atoms with Crippen molar-refractivity contribution in [1.82, 2.24) is 25.0 Å². The Morgan fingerprint density at radius 2 is 1.76 bits per heavy atom. The van der Waals surface area contributed by atoms with Gasteiger partial charge < -0.3 is 21.1 Å². The minimum Gasteiger partial charge on any atom is -0.394 e. The lowest BCUT2D eigenvalue weighted by atomic mass is 9.98. The van der Waals surface area contributed by atoms with E-state index in [4.69, 9.17) is 5.73 Å². The number of nitrogens with zero attached hydrogens (tertiary/aromatic N) is 4. The number of aryl methyl sites for hydroxylation is 1. The average Bonchev–Trinajstić information content (AvgIpc) is 3.56. The normalized spacial score (nSPS) is 17.1. The van der Waals surface area contributed by atoms with Crippen LogP contribution in [0.15, 0.2) is 79.3 Å². The first-order chi connectivity index (χ1) is 17.9. The van der Waals surface area contributed by atoms with Crippen LogP contribution in [0.3, 0.4) is 0 Å². The standard InChI is InChI=1S/C28H28N6O3/c1-33-16-23(15-31-33)22-13-24(25(29)30-14-22)26(36)32-28(18-35)11-12-34(17-28)27(37)21-9-7-20(8-10-21)19-5-3-2-4-6-19/h2-10,13-16,35H,11-12,17-18H2,1H3,(H2,29,30)(H,32,36). The molecule has 188 valence electrons. The minimum absolute atomic E-state index is 0.0858. The number of carbonyl (C=O) groups excluding carboxylic acids is 2. The number of nitrogens with two attached hydrogens (primary N) is 1. The summed E-state index contributed by atoms with van der Waals surface area (Å²) in [6, 6.07) is 19.1. The van der Waals surface area contributed by atoms with E-state index < -0.39 is 11.4 Å². The van der Waals surface area contributed by atoms with Crippen molar-refractivity contribution in [3.63, 3.8) is 0 Å². The summed E-state index contributed by atoms with van der Waals surface area (Å²) in [5.74, 6) is -0.516. The fourth-order valence-corrected chi connectivity index (χ4v) is 4.63. The molecule has 1 unspecified atom stereocenters. The summed E-state index contributed by atoms with van der Waals surface area (Å²) < 4.78 is 1.66. The van der Waals surface area contributed by atoms with Crippen LogP contribution in [0.2, 0.25) is 0 Å². The van der Waals surface area contributed by atoms with Crippen LogP contribution in [0, 0.1) is 0 Å². The second kappa shape index (κ2) is 9.87. The fourth-order valence-electron chi connectivity index (χ4n) is 4.63. The number of nitrogens with one attached hydrogen (secondary N) is 1. The summed E-state index contributed by atoms with van der Waals surface area (Å²) in [6.07, 6.45) is 5.50. The smallest absolute Gasteiger partial charge is 0.255 e. The summed E-state index contributed by atoms with van der Waals surface area (Å²) in [5, 5.41) is 17.3. The molecule has 5 rings (SSSR count). The van der Waals surface area contributed by atoms with Crippen LogP contribution in [0.4, 0.5) is 5.82 Å².